The van der Waals surface area contributed by atoms with Crippen LogP contribution in [0.5, 0.6) is 0 Å². The molecular formula is C12H14N4O3. The van der Waals surface area contributed by atoms with Crippen molar-refractivity contribution >= 4 is 17.7 Å². The van der Waals surface area contributed by atoms with Crippen LogP contribution in [0.3, 0.4) is 0 Å². The fraction of sp³-hybridized carbons (Fsp3) is 0.417. The third kappa shape index (κ3) is 1.61. The monoisotopic (exact) mass is 262 g/mol. The van der Waals surface area contributed by atoms with Crippen LogP contribution in [0.2, 0.25) is 0 Å². The van der Waals surface area contributed by atoms with Gasteiger partial charge in [0.25, 0.3) is 11.8 Å². The van der Waals surface area contributed by atoms with Crippen molar-refractivity contribution in [1.29, 1.82) is 0 Å². The van der Waals surface area contributed by atoms with Gasteiger partial charge in [0.15, 0.2) is 11.4 Å². The Bertz CT molecular complexity index is 549. The van der Waals surface area contributed by atoms with Gasteiger partial charge < -0.3 is 5.73 Å². The summed E-state index contributed by atoms with van der Waals surface area (Å²) >= 11 is 0. The Morgan fingerprint density at radius 1 is 1.21 bits per heavy atom. The van der Waals surface area contributed by atoms with E-state index in [-0.39, 0.29) is 17.3 Å². The number of imide groups is 1. The van der Waals surface area contributed by atoms with E-state index in [2.05, 4.69) is 9.97 Å². The fourth-order valence-electron chi connectivity index (χ4n) is 2.03. The standard InChI is InChI=1S/C12H14N4O3/c1-6(2)12(3,11(13)19)16-9(17)7-8(10(16)18)15-5-4-14-7/h4-6H,1-3H3,(H2,13,19). The van der Waals surface area contributed by atoms with Crippen molar-refractivity contribution in [3.8, 4) is 0 Å². The number of hydrogen-bond acceptors (Lipinski definition) is 5. The van der Waals surface area contributed by atoms with Crippen LogP contribution in [0, 0.1) is 5.92 Å². The zero-order chi connectivity index (χ0) is 14.4. The van der Waals surface area contributed by atoms with Gasteiger partial charge in [-0.05, 0) is 12.8 Å². The molecule has 1 aliphatic heterocycles. The highest BCUT2D eigenvalue weighted by molar-refractivity contribution is 6.21. The average molecular weight is 262 g/mol. The van der Waals surface area contributed by atoms with Crippen molar-refractivity contribution < 1.29 is 14.4 Å². The first-order valence-corrected chi connectivity index (χ1v) is 5.81. The molecule has 2 heterocycles. The summed E-state index contributed by atoms with van der Waals surface area (Å²) in [7, 11) is 0. The zero-order valence-electron chi connectivity index (χ0n) is 10.9. The third-order valence-electron chi connectivity index (χ3n) is 3.60. The van der Waals surface area contributed by atoms with Gasteiger partial charge in [0.2, 0.25) is 5.91 Å². The summed E-state index contributed by atoms with van der Waals surface area (Å²) in [6.45, 7) is 4.91. The molecule has 7 nitrogen and oxygen atoms in total. The van der Waals surface area contributed by atoms with E-state index in [1.54, 1.807) is 13.8 Å². The lowest BCUT2D eigenvalue weighted by Gasteiger charge is -2.37. The molecule has 0 radical (unpaired) electrons. The normalized spacial score (nSPS) is 17.6. The summed E-state index contributed by atoms with van der Waals surface area (Å²) < 4.78 is 0. The van der Waals surface area contributed by atoms with Crippen LogP contribution in [0.25, 0.3) is 0 Å². The number of nitrogens with two attached hydrogens (primary N) is 1. The van der Waals surface area contributed by atoms with Gasteiger partial charge in [0.05, 0.1) is 0 Å². The zero-order valence-corrected chi connectivity index (χ0v) is 10.9. The molecule has 19 heavy (non-hydrogen) atoms. The molecule has 1 unspecified atom stereocenters. The lowest BCUT2D eigenvalue weighted by atomic mass is 9.86. The minimum atomic E-state index is -1.41. The van der Waals surface area contributed by atoms with Crippen LogP contribution < -0.4 is 5.73 Å². The fourth-order valence-corrected chi connectivity index (χ4v) is 2.03. The number of carbonyl (C=O) groups is 3. The van der Waals surface area contributed by atoms with E-state index in [0.29, 0.717) is 0 Å². The second-order valence-corrected chi connectivity index (χ2v) is 4.87. The van der Waals surface area contributed by atoms with Crippen LogP contribution >= 0.6 is 0 Å². The first kappa shape index (κ1) is 13.1. The summed E-state index contributed by atoms with van der Waals surface area (Å²) in [4.78, 5) is 44.8. The van der Waals surface area contributed by atoms with Gasteiger partial charge in [0.1, 0.15) is 5.54 Å². The summed E-state index contributed by atoms with van der Waals surface area (Å²) in [5, 5.41) is 0. The molecule has 2 rings (SSSR count). The number of primary amides is 1. The Kier molecular flexibility index (Phi) is 2.84. The Balaban J connectivity index is 2.58. The molecule has 0 bridgehead atoms. The van der Waals surface area contributed by atoms with Gasteiger partial charge in [-0.25, -0.2) is 9.97 Å². The van der Waals surface area contributed by atoms with Crippen molar-refractivity contribution in [2.45, 2.75) is 26.3 Å². The molecule has 0 saturated carbocycles. The summed E-state index contributed by atoms with van der Waals surface area (Å²) in [5.74, 6) is -2.34. The molecule has 0 saturated heterocycles. The summed E-state index contributed by atoms with van der Waals surface area (Å²) in [6, 6.07) is 0. The smallest absolute Gasteiger partial charge is 0.282 e. The average Bonchev–Trinajstić information content (AvgIpc) is 2.61. The van der Waals surface area contributed by atoms with Crippen molar-refractivity contribution in [2.24, 2.45) is 11.7 Å². The molecule has 0 aromatic carbocycles. The van der Waals surface area contributed by atoms with Crippen molar-refractivity contribution in [2.75, 3.05) is 0 Å². The first-order chi connectivity index (χ1) is 8.81. The second-order valence-electron chi connectivity index (χ2n) is 4.87. The molecule has 1 aromatic rings. The number of nitrogens with zero attached hydrogens (tertiary/aromatic N) is 3. The van der Waals surface area contributed by atoms with E-state index >= 15 is 0 Å². The maximum Gasteiger partial charge on any atom is 0.282 e. The minimum absolute atomic E-state index is 0.0411. The molecule has 1 aliphatic rings. The van der Waals surface area contributed by atoms with Crippen LogP contribution in [-0.4, -0.2) is 38.1 Å². The van der Waals surface area contributed by atoms with E-state index in [1.165, 1.54) is 19.3 Å². The molecule has 1 atom stereocenters. The molecule has 0 fully saturated rings. The highest BCUT2D eigenvalue weighted by Crippen LogP contribution is 2.32. The molecule has 100 valence electrons. The number of carbonyl (C=O) groups excluding carboxylic acids is 3. The van der Waals surface area contributed by atoms with E-state index < -0.39 is 23.3 Å². The quantitative estimate of drug-likeness (QED) is 0.770. The predicted octanol–water partition coefficient (Wildman–Crippen LogP) is -0.0274. The van der Waals surface area contributed by atoms with E-state index in [9.17, 15) is 14.4 Å². The minimum Gasteiger partial charge on any atom is -0.368 e. The third-order valence-corrected chi connectivity index (χ3v) is 3.60. The molecule has 0 aliphatic carbocycles. The van der Waals surface area contributed by atoms with Gasteiger partial charge in [-0.15, -0.1) is 0 Å². The Labute approximate surface area is 109 Å². The van der Waals surface area contributed by atoms with Crippen molar-refractivity contribution in [1.82, 2.24) is 14.9 Å². The van der Waals surface area contributed by atoms with E-state index in [1.807, 2.05) is 0 Å². The number of amides is 3. The Hall–Kier alpha value is -2.31. The highest BCUT2D eigenvalue weighted by atomic mass is 16.2. The molecular weight excluding hydrogens is 248 g/mol. The summed E-state index contributed by atoms with van der Waals surface area (Å²) in [5.41, 5.74) is 3.90. The number of fused-ring (bicyclic) bond motifs is 1. The Morgan fingerprint density at radius 3 is 1.95 bits per heavy atom. The molecule has 3 amide bonds. The highest BCUT2D eigenvalue weighted by Gasteiger charge is 2.52. The van der Waals surface area contributed by atoms with Crippen LogP contribution in [0.4, 0.5) is 0 Å². The molecule has 2 N–H and O–H groups in total. The molecule has 0 spiro atoms. The van der Waals surface area contributed by atoms with Crippen LogP contribution in [0.1, 0.15) is 41.7 Å². The number of hydrogen-bond donors (Lipinski definition) is 1. The van der Waals surface area contributed by atoms with Crippen LogP contribution in [0.15, 0.2) is 12.4 Å². The Morgan fingerprint density at radius 2 is 1.63 bits per heavy atom. The van der Waals surface area contributed by atoms with Gasteiger partial charge in [-0.2, -0.15) is 0 Å². The second kappa shape index (κ2) is 4.11. The number of aromatic nitrogens is 2. The molecule has 7 heteroatoms. The topological polar surface area (TPSA) is 106 Å². The van der Waals surface area contributed by atoms with Crippen molar-refractivity contribution in [3.63, 3.8) is 0 Å². The first-order valence-electron chi connectivity index (χ1n) is 5.81. The lowest BCUT2D eigenvalue weighted by Crippen LogP contribution is -2.60. The maximum absolute atomic E-state index is 12.3. The largest absolute Gasteiger partial charge is 0.368 e. The van der Waals surface area contributed by atoms with E-state index in [0.717, 1.165) is 4.90 Å². The predicted molar refractivity (Wildman–Crippen MR) is 65.0 cm³/mol. The maximum atomic E-state index is 12.3. The van der Waals surface area contributed by atoms with Crippen LogP contribution in [-0.2, 0) is 4.79 Å². The van der Waals surface area contributed by atoms with Gasteiger partial charge in [0, 0.05) is 12.4 Å². The van der Waals surface area contributed by atoms with Gasteiger partial charge in [-0.3, -0.25) is 19.3 Å². The summed E-state index contributed by atoms with van der Waals surface area (Å²) in [6.07, 6.45) is 2.65. The SMILES string of the molecule is CC(C)C(C)(C(N)=O)N1C(=O)c2nccnc2C1=O. The van der Waals surface area contributed by atoms with Gasteiger partial charge in [-0.1, -0.05) is 13.8 Å². The van der Waals surface area contributed by atoms with E-state index in [4.69, 9.17) is 5.73 Å². The van der Waals surface area contributed by atoms with Gasteiger partial charge >= 0.3 is 0 Å². The number of rotatable bonds is 3. The lowest BCUT2D eigenvalue weighted by molar-refractivity contribution is -0.129. The van der Waals surface area contributed by atoms with Crippen molar-refractivity contribution in [3.05, 3.63) is 23.8 Å². The molecule has 1 aromatic heterocycles.